The van der Waals surface area contributed by atoms with Crippen molar-refractivity contribution in [2.24, 2.45) is 0 Å². The summed E-state index contributed by atoms with van der Waals surface area (Å²) in [5.74, 6) is -2.49. The fourth-order valence-corrected chi connectivity index (χ4v) is 2.77. The number of amides is 2. The third-order valence-electron chi connectivity index (χ3n) is 4.03. The summed E-state index contributed by atoms with van der Waals surface area (Å²) in [6.07, 6.45) is -4.97. The molecule has 0 radical (unpaired) electrons. The highest BCUT2D eigenvalue weighted by Crippen LogP contribution is 2.42. The van der Waals surface area contributed by atoms with Crippen LogP contribution in [0.5, 0.6) is 5.75 Å². The lowest BCUT2D eigenvalue weighted by molar-refractivity contribution is -0.155. The first-order chi connectivity index (χ1) is 12.2. The lowest BCUT2D eigenvalue weighted by Gasteiger charge is -2.36. The number of nitrogens with one attached hydrogen (secondary N) is 1. The van der Waals surface area contributed by atoms with Crippen molar-refractivity contribution in [3.05, 3.63) is 59.2 Å². The van der Waals surface area contributed by atoms with Crippen LogP contribution in [-0.2, 0) is 6.54 Å². The number of hydrogen-bond acceptors (Lipinski definition) is 2. The van der Waals surface area contributed by atoms with E-state index in [2.05, 4.69) is 0 Å². The molecule has 0 aliphatic carbocycles. The normalized spacial score (nSPS) is 16.9. The van der Waals surface area contributed by atoms with E-state index in [9.17, 15) is 26.7 Å². The molecule has 3 rings (SSSR count). The predicted molar refractivity (Wildman–Crippen MR) is 82.9 cm³/mol. The highest BCUT2D eigenvalue weighted by molar-refractivity contribution is 5.95. The molecule has 1 aliphatic rings. The van der Waals surface area contributed by atoms with Crippen molar-refractivity contribution in [3.63, 3.8) is 0 Å². The van der Waals surface area contributed by atoms with Crippen molar-refractivity contribution in [2.75, 3.05) is 12.0 Å². The van der Waals surface area contributed by atoms with E-state index in [1.165, 1.54) is 7.11 Å². The van der Waals surface area contributed by atoms with Gasteiger partial charge in [0, 0.05) is 5.56 Å². The van der Waals surface area contributed by atoms with Crippen LogP contribution in [0.15, 0.2) is 36.4 Å². The molecule has 26 heavy (non-hydrogen) atoms. The van der Waals surface area contributed by atoms with Crippen LogP contribution in [-0.4, -0.2) is 19.3 Å². The number of carbonyl (C=O) groups excluding carboxylic acids is 1. The van der Waals surface area contributed by atoms with Gasteiger partial charge in [-0.25, -0.2) is 13.6 Å². The number of methoxy groups -OCH3 is 1. The molecule has 2 aromatic carbocycles. The molecular formula is C17H13F5N2O2. The minimum absolute atomic E-state index is 0.127. The average molecular weight is 372 g/mol. The molecule has 1 aliphatic heterocycles. The first-order valence-electron chi connectivity index (χ1n) is 7.48. The van der Waals surface area contributed by atoms with Gasteiger partial charge in [-0.05, 0) is 29.8 Å². The smallest absolute Gasteiger partial charge is 0.413 e. The van der Waals surface area contributed by atoms with Crippen LogP contribution in [0, 0.1) is 11.6 Å². The van der Waals surface area contributed by atoms with Gasteiger partial charge in [0.2, 0.25) is 0 Å². The zero-order valence-electron chi connectivity index (χ0n) is 13.4. The second-order valence-corrected chi connectivity index (χ2v) is 5.65. The number of carbonyl (C=O) groups is 1. The zero-order valence-corrected chi connectivity index (χ0v) is 13.4. The number of nitrogens with zero attached hydrogens (tertiary/aromatic N) is 1. The van der Waals surface area contributed by atoms with Crippen molar-refractivity contribution in [2.45, 2.75) is 18.8 Å². The zero-order chi connectivity index (χ0) is 19.1. The van der Waals surface area contributed by atoms with Crippen LogP contribution >= 0.6 is 0 Å². The van der Waals surface area contributed by atoms with Gasteiger partial charge in [0.25, 0.3) is 0 Å². The van der Waals surface area contributed by atoms with Gasteiger partial charge in [0.05, 0.1) is 19.3 Å². The Morgan fingerprint density at radius 3 is 2.35 bits per heavy atom. The molecule has 0 unspecified atom stereocenters. The largest absolute Gasteiger partial charge is 0.497 e. The van der Waals surface area contributed by atoms with Gasteiger partial charge in [-0.2, -0.15) is 13.2 Å². The Labute approximate surface area is 145 Å². The molecule has 0 aromatic heterocycles. The molecule has 9 heteroatoms. The van der Waals surface area contributed by atoms with Gasteiger partial charge in [-0.3, -0.25) is 4.90 Å². The highest BCUT2D eigenvalue weighted by atomic mass is 19.4. The monoisotopic (exact) mass is 372 g/mol. The van der Waals surface area contributed by atoms with Crippen molar-refractivity contribution in [3.8, 4) is 5.75 Å². The molecule has 4 nitrogen and oxygen atoms in total. The number of halogens is 5. The number of ether oxygens (including phenoxy) is 1. The van der Waals surface area contributed by atoms with Crippen LogP contribution in [0.2, 0.25) is 0 Å². The molecular weight excluding hydrogens is 359 g/mol. The Hall–Kier alpha value is -2.84. The van der Waals surface area contributed by atoms with Gasteiger partial charge in [0.1, 0.15) is 5.75 Å². The van der Waals surface area contributed by atoms with Crippen LogP contribution in [0.3, 0.4) is 0 Å². The van der Waals surface area contributed by atoms with Gasteiger partial charge >= 0.3 is 12.2 Å². The van der Waals surface area contributed by atoms with Crippen LogP contribution in [0.25, 0.3) is 0 Å². The van der Waals surface area contributed by atoms with E-state index >= 15 is 0 Å². The second-order valence-electron chi connectivity index (χ2n) is 5.65. The summed E-state index contributed by atoms with van der Waals surface area (Å²) in [6, 6.07) is 4.44. The average Bonchev–Trinajstić information content (AvgIpc) is 2.59. The fourth-order valence-electron chi connectivity index (χ4n) is 2.77. The molecule has 0 fully saturated rings. The standard InChI is InChI=1S/C17H13F5N2O2/c1-26-10-4-2-9(3-5-10)8-24-12-7-6-11(18)14(19)13(12)15(17(20,21)22)23-16(24)25/h2-7,15H,8H2,1H3,(H,23,25)/t15-/m1/s1. The molecule has 1 N–H and O–H groups in total. The van der Waals surface area contributed by atoms with E-state index in [0.717, 1.165) is 11.0 Å². The first-order valence-corrected chi connectivity index (χ1v) is 7.48. The molecule has 2 aromatic rings. The Kier molecular flexibility index (Phi) is 4.47. The van der Waals surface area contributed by atoms with E-state index < -0.39 is 35.4 Å². The van der Waals surface area contributed by atoms with Gasteiger partial charge < -0.3 is 10.1 Å². The Balaban J connectivity index is 2.04. The Bertz CT molecular complexity index is 836. The lowest BCUT2D eigenvalue weighted by Crippen LogP contribution is -2.51. The molecule has 1 atom stereocenters. The van der Waals surface area contributed by atoms with Gasteiger partial charge in [-0.1, -0.05) is 12.1 Å². The summed E-state index contributed by atoms with van der Waals surface area (Å²) in [7, 11) is 1.47. The van der Waals surface area contributed by atoms with E-state index in [4.69, 9.17) is 4.74 Å². The van der Waals surface area contributed by atoms with Crippen LogP contribution in [0.1, 0.15) is 17.2 Å². The molecule has 1 heterocycles. The quantitative estimate of drug-likeness (QED) is 0.816. The first kappa shape index (κ1) is 18.0. The minimum atomic E-state index is -4.97. The van der Waals surface area contributed by atoms with Crippen molar-refractivity contribution in [1.29, 1.82) is 0 Å². The third-order valence-corrected chi connectivity index (χ3v) is 4.03. The van der Waals surface area contributed by atoms with E-state index in [1.807, 2.05) is 0 Å². The van der Waals surface area contributed by atoms with Gasteiger partial charge in [0.15, 0.2) is 17.7 Å². The predicted octanol–water partition coefficient (Wildman–Crippen LogP) is 4.31. The van der Waals surface area contributed by atoms with E-state index in [-0.39, 0.29) is 12.2 Å². The number of hydrogen-bond donors (Lipinski definition) is 1. The molecule has 2 amide bonds. The summed E-state index contributed by atoms with van der Waals surface area (Å²) in [5, 5.41) is 1.70. The van der Waals surface area contributed by atoms with Crippen LogP contribution < -0.4 is 15.0 Å². The molecule has 0 spiro atoms. The SMILES string of the molecule is COc1ccc(CN2C(=O)N[C@@H](C(F)(F)F)c3c2ccc(F)c3F)cc1. The van der Waals surface area contributed by atoms with Gasteiger partial charge in [-0.15, -0.1) is 0 Å². The molecule has 138 valence electrons. The summed E-state index contributed by atoms with van der Waals surface area (Å²) in [5.41, 5.74) is -0.696. The number of fused-ring (bicyclic) bond motifs is 1. The van der Waals surface area contributed by atoms with E-state index in [1.54, 1.807) is 29.6 Å². The summed E-state index contributed by atoms with van der Waals surface area (Å²) in [4.78, 5) is 13.1. The third kappa shape index (κ3) is 3.16. The molecule has 0 saturated carbocycles. The summed E-state index contributed by atoms with van der Waals surface area (Å²) >= 11 is 0. The maximum atomic E-state index is 14.1. The Morgan fingerprint density at radius 2 is 1.77 bits per heavy atom. The molecule has 0 saturated heterocycles. The topological polar surface area (TPSA) is 41.6 Å². The van der Waals surface area contributed by atoms with Crippen LogP contribution in [0.4, 0.5) is 32.4 Å². The number of urea groups is 1. The number of anilines is 1. The number of rotatable bonds is 3. The van der Waals surface area contributed by atoms with Crippen molar-refractivity contribution < 1.29 is 31.5 Å². The molecule has 0 bridgehead atoms. The maximum Gasteiger partial charge on any atom is 0.413 e. The number of benzene rings is 2. The summed E-state index contributed by atoms with van der Waals surface area (Å²) in [6.45, 7) is -0.127. The maximum absolute atomic E-state index is 14.1. The fraction of sp³-hybridized carbons (Fsp3) is 0.235. The van der Waals surface area contributed by atoms with E-state index in [0.29, 0.717) is 17.4 Å². The highest BCUT2D eigenvalue weighted by Gasteiger charge is 2.49. The minimum Gasteiger partial charge on any atom is -0.497 e. The number of alkyl halides is 3. The summed E-state index contributed by atoms with van der Waals surface area (Å²) < 4.78 is 72.3. The van der Waals surface area contributed by atoms with Crippen molar-refractivity contribution in [1.82, 2.24) is 5.32 Å². The second kappa shape index (κ2) is 6.47. The lowest BCUT2D eigenvalue weighted by atomic mass is 9.99. The Morgan fingerprint density at radius 1 is 1.12 bits per heavy atom. The van der Waals surface area contributed by atoms with Crippen molar-refractivity contribution >= 4 is 11.7 Å².